The van der Waals surface area contributed by atoms with E-state index < -0.39 is 102 Å². The van der Waals surface area contributed by atoms with Gasteiger partial charge in [0.1, 0.15) is 48.3 Å². The fraction of sp³-hybridized carbons (Fsp3) is 0.569. The molecule has 4 aliphatic heterocycles. The largest absolute Gasteiger partial charge is 0.391 e. The van der Waals surface area contributed by atoms with Crippen LogP contribution in [0, 0.1) is 11.8 Å². The fourth-order valence-corrected chi connectivity index (χ4v) is 10.3. The lowest BCUT2D eigenvalue weighted by Crippen LogP contribution is -2.62. The number of aromatic amines is 1. The van der Waals surface area contributed by atoms with E-state index in [1.807, 2.05) is 82.3 Å². The number of amides is 8. The summed E-state index contributed by atoms with van der Waals surface area (Å²) in [6.07, 6.45) is 3.36. The number of fused-ring (bicyclic) bond motifs is 4. The van der Waals surface area contributed by atoms with Crippen molar-refractivity contribution >= 4 is 58.2 Å². The highest BCUT2D eigenvalue weighted by molar-refractivity contribution is 6.00. The summed E-state index contributed by atoms with van der Waals surface area (Å²) in [6, 6.07) is 7.53. The van der Waals surface area contributed by atoms with Gasteiger partial charge in [-0.15, -0.1) is 0 Å². The van der Waals surface area contributed by atoms with Crippen molar-refractivity contribution in [2.45, 2.75) is 153 Å². The molecule has 0 saturated carbocycles. The number of aromatic nitrogens is 1. The molecule has 10 unspecified atom stereocenters. The molecule has 18 heteroatoms. The Morgan fingerprint density at radius 1 is 0.565 bits per heavy atom. The summed E-state index contributed by atoms with van der Waals surface area (Å²) in [6.45, 7) is 9.37. The zero-order chi connectivity index (χ0) is 49.5. The summed E-state index contributed by atoms with van der Waals surface area (Å²) in [4.78, 5) is 124. The molecule has 0 spiro atoms. The molecule has 69 heavy (non-hydrogen) atoms. The van der Waals surface area contributed by atoms with Crippen LogP contribution in [0.4, 0.5) is 0 Å². The standard InChI is InChI=1S/C51H69N9O9/c1-6-30(4)42-50(68)59-23-13-20-40(59)47(65)54-37(27-33-28-52-35-18-11-10-17-34(33)35)44(62)55-38(26-32-15-8-7-9-16-32)49(67)58-22-12-19-39(58)46(64)53-36(25-29(2)3)45(63)57-43(31(5)61)51(69)60-24-14-21-41(60)48(66)56-42/h7-11,15-18,28-31,36-43,52,61H,6,12-14,19-27H2,1-5H3,(H,53,64)(H,54,65)(H,55,62)(H,56,66)(H,57,63). The first-order chi connectivity index (χ1) is 33.1. The molecular weight excluding hydrogens is 883 g/mol. The summed E-state index contributed by atoms with van der Waals surface area (Å²) < 4.78 is 0. The van der Waals surface area contributed by atoms with Gasteiger partial charge in [0.2, 0.25) is 47.3 Å². The quantitative estimate of drug-likeness (QED) is 0.165. The van der Waals surface area contributed by atoms with Gasteiger partial charge >= 0.3 is 0 Å². The van der Waals surface area contributed by atoms with E-state index in [0.29, 0.717) is 32.1 Å². The Morgan fingerprint density at radius 3 is 1.64 bits per heavy atom. The van der Waals surface area contributed by atoms with Crippen molar-refractivity contribution in [3.8, 4) is 0 Å². The van der Waals surface area contributed by atoms with Crippen LogP contribution in [0.1, 0.15) is 97.1 Å². The summed E-state index contributed by atoms with van der Waals surface area (Å²) >= 11 is 0. The topological polar surface area (TPSA) is 242 Å². The van der Waals surface area contributed by atoms with Gasteiger partial charge < -0.3 is 51.4 Å². The van der Waals surface area contributed by atoms with E-state index in [2.05, 4.69) is 31.6 Å². The van der Waals surface area contributed by atoms with Crippen molar-refractivity contribution in [1.29, 1.82) is 0 Å². The molecule has 18 nitrogen and oxygen atoms in total. The minimum absolute atomic E-state index is 0.0284. The van der Waals surface area contributed by atoms with Gasteiger partial charge in [-0.1, -0.05) is 82.6 Å². The van der Waals surface area contributed by atoms with Crippen molar-refractivity contribution < 1.29 is 43.5 Å². The third-order valence-electron chi connectivity index (χ3n) is 14.3. The summed E-state index contributed by atoms with van der Waals surface area (Å²) in [5.74, 6) is -5.28. The highest BCUT2D eigenvalue weighted by Crippen LogP contribution is 2.26. The SMILES string of the molecule is CCC(C)C1NC(=O)C2CCCN2C(=O)C(C(C)O)NC(=O)C(CC(C)C)NC(=O)C2CCCN2C(=O)C(Cc2ccccc2)NC(=O)C(Cc2c[nH]c3ccccc23)NC(=O)C2CCCN2C1=O. The number of H-pyrrole nitrogens is 1. The number of carbonyl (C=O) groups excluding carboxylic acids is 8. The fourth-order valence-electron chi connectivity index (χ4n) is 10.3. The van der Waals surface area contributed by atoms with Crippen LogP contribution >= 0.6 is 0 Å². The molecule has 372 valence electrons. The summed E-state index contributed by atoms with van der Waals surface area (Å²) in [5.41, 5.74) is 2.30. The average Bonchev–Trinajstić information content (AvgIpc) is 4.18. The highest BCUT2D eigenvalue weighted by Gasteiger charge is 2.45. The first-order valence-electron chi connectivity index (χ1n) is 24.8. The van der Waals surface area contributed by atoms with Crippen molar-refractivity contribution in [3.05, 3.63) is 71.9 Å². The molecule has 4 fully saturated rings. The number of nitrogens with zero attached hydrogens (tertiary/aromatic N) is 3. The van der Waals surface area contributed by atoms with Crippen molar-refractivity contribution in [2.75, 3.05) is 19.6 Å². The van der Waals surface area contributed by atoms with E-state index in [-0.39, 0.29) is 63.6 Å². The number of carbonyl (C=O) groups is 8. The van der Waals surface area contributed by atoms with Crippen LogP contribution in [-0.2, 0) is 51.2 Å². The first kappa shape index (κ1) is 50.6. The summed E-state index contributed by atoms with van der Waals surface area (Å²) in [7, 11) is 0. The lowest BCUT2D eigenvalue weighted by atomic mass is 9.96. The van der Waals surface area contributed by atoms with Crippen LogP contribution in [0.5, 0.6) is 0 Å². The van der Waals surface area contributed by atoms with Gasteiger partial charge in [-0.3, -0.25) is 38.4 Å². The molecule has 3 aromatic rings. The second kappa shape index (κ2) is 22.4. The second-order valence-corrected chi connectivity index (χ2v) is 19.7. The maximum atomic E-state index is 14.9. The molecule has 4 aliphatic rings. The number of nitrogens with one attached hydrogen (secondary N) is 6. The maximum absolute atomic E-state index is 14.9. The normalized spacial score (nSPS) is 28.0. The van der Waals surface area contributed by atoms with Crippen molar-refractivity contribution in [3.63, 3.8) is 0 Å². The second-order valence-electron chi connectivity index (χ2n) is 19.7. The third-order valence-corrected chi connectivity index (χ3v) is 14.3. The molecule has 1 aromatic heterocycles. The van der Waals surface area contributed by atoms with Crippen LogP contribution in [0.15, 0.2) is 60.8 Å². The van der Waals surface area contributed by atoms with Crippen LogP contribution in [0.2, 0.25) is 0 Å². The van der Waals surface area contributed by atoms with Gasteiger partial charge in [-0.25, -0.2) is 0 Å². The number of para-hydroxylation sites is 1. The van der Waals surface area contributed by atoms with Gasteiger partial charge in [-0.2, -0.15) is 0 Å². The van der Waals surface area contributed by atoms with E-state index in [0.717, 1.165) is 22.0 Å². The van der Waals surface area contributed by atoms with Crippen LogP contribution in [0.3, 0.4) is 0 Å². The Bertz CT molecular complexity index is 2370. The van der Waals surface area contributed by atoms with Crippen LogP contribution < -0.4 is 26.6 Å². The monoisotopic (exact) mass is 952 g/mol. The molecular formula is C51H69N9O9. The van der Waals surface area contributed by atoms with Gasteiger partial charge in [0.05, 0.1) is 6.10 Å². The van der Waals surface area contributed by atoms with E-state index in [4.69, 9.17) is 0 Å². The minimum atomic E-state index is -1.48. The van der Waals surface area contributed by atoms with E-state index in [1.54, 1.807) is 6.20 Å². The molecule has 2 aromatic carbocycles. The Labute approximate surface area is 403 Å². The molecule has 5 heterocycles. The smallest absolute Gasteiger partial charge is 0.248 e. The predicted molar refractivity (Wildman–Crippen MR) is 257 cm³/mol. The Kier molecular flexibility index (Phi) is 16.4. The highest BCUT2D eigenvalue weighted by atomic mass is 16.3. The van der Waals surface area contributed by atoms with Crippen molar-refractivity contribution in [1.82, 2.24) is 46.3 Å². The summed E-state index contributed by atoms with van der Waals surface area (Å²) in [5, 5.41) is 26.2. The van der Waals surface area contributed by atoms with Gasteiger partial charge in [0.15, 0.2) is 0 Å². The number of rotatable bonds is 9. The zero-order valence-corrected chi connectivity index (χ0v) is 40.4. The molecule has 7 rings (SSSR count). The molecule has 0 aliphatic carbocycles. The number of aliphatic hydroxyl groups excluding tert-OH is 1. The molecule has 7 N–H and O–H groups in total. The predicted octanol–water partition coefficient (Wildman–Crippen LogP) is 1.84. The molecule has 0 radical (unpaired) electrons. The molecule has 0 bridgehead atoms. The minimum Gasteiger partial charge on any atom is -0.391 e. The van der Waals surface area contributed by atoms with Crippen LogP contribution in [0.25, 0.3) is 10.9 Å². The van der Waals surface area contributed by atoms with E-state index in [1.165, 1.54) is 21.6 Å². The maximum Gasteiger partial charge on any atom is 0.248 e. The number of hydrogen-bond acceptors (Lipinski definition) is 9. The molecule has 8 amide bonds. The van der Waals surface area contributed by atoms with E-state index in [9.17, 15) is 43.5 Å². The number of aliphatic hydroxyl groups is 1. The first-order valence-corrected chi connectivity index (χ1v) is 24.8. The lowest BCUT2D eigenvalue weighted by Gasteiger charge is -2.35. The Balaban J connectivity index is 1.28. The van der Waals surface area contributed by atoms with Gasteiger partial charge in [0.25, 0.3) is 0 Å². The number of hydrogen-bond donors (Lipinski definition) is 7. The van der Waals surface area contributed by atoms with E-state index >= 15 is 0 Å². The molecule has 10 atom stereocenters. The molecule has 4 saturated heterocycles. The zero-order valence-electron chi connectivity index (χ0n) is 40.4. The van der Waals surface area contributed by atoms with Crippen LogP contribution in [-0.4, -0.2) is 146 Å². The van der Waals surface area contributed by atoms with Gasteiger partial charge in [-0.05, 0) is 80.9 Å². The Morgan fingerprint density at radius 2 is 1.06 bits per heavy atom. The lowest BCUT2D eigenvalue weighted by molar-refractivity contribution is -0.147. The average molecular weight is 952 g/mol. The number of benzene rings is 2. The van der Waals surface area contributed by atoms with Crippen molar-refractivity contribution in [2.24, 2.45) is 11.8 Å². The third kappa shape index (κ3) is 11.6. The Hall–Kier alpha value is -6.30. The van der Waals surface area contributed by atoms with Gasteiger partial charge in [0, 0.05) is 49.6 Å².